The van der Waals surface area contributed by atoms with Gasteiger partial charge >= 0.3 is 0 Å². The second-order valence-electron chi connectivity index (χ2n) is 6.95. The smallest absolute Gasteiger partial charge is 0.223 e. The van der Waals surface area contributed by atoms with E-state index >= 15 is 0 Å². The minimum atomic E-state index is -0.206. The molecule has 3 N–H and O–H groups in total. The molecule has 2 fully saturated rings. The van der Waals surface area contributed by atoms with E-state index in [0.29, 0.717) is 5.92 Å². The van der Waals surface area contributed by atoms with Crippen LogP contribution in [0.2, 0.25) is 0 Å². The molecule has 0 aromatic heterocycles. The molecule has 1 amide bonds. The van der Waals surface area contributed by atoms with Crippen molar-refractivity contribution in [1.82, 2.24) is 5.32 Å². The number of hydrogen-bond acceptors (Lipinski definition) is 3. The number of carbonyl (C=O) groups is 1. The normalized spacial score (nSPS) is 27.9. The first-order valence-corrected chi connectivity index (χ1v) is 8.65. The SMILES string of the molecule is NC1CCCC(C(=O)NCC2CCN(c3ccc(F)cc3)C2)C1. The van der Waals surface area contributed by atoms with Gasteiger partial charge in [0.2, 0.25) is 5.91 Å². The molecule has 0 spiro atoms. The van der Waals surface area contributed by atoms with Crippen molar-refractivity contribution in [2.45, 2.75) is 38.1 Å². The summed E-state index contributed by atoms with van der Waals surface area (Å²) in [5.41, 5.74) is 7.02. The van der Waals surface area contributed by atoms with Gasteiger partial charge in [-0.15, -0.1) is 0 Å². The van der Waals surface area contributed by atoms with Crippen molar-refractivity contribution in [3.05, 3.63) is 30.1 Å². The molecule has 3 rings (SSSR count). The van der Waals surface area contributed by atoms with E-state index in [1.807, 2.05) is 12.1 Å². The lowest BCUT2D eigenvalue weighted by Crippen LogP contribution is -2.39. The average Bonchev–Trinajstić information content (AvgIpc) is 3.02. The van der Waals surface area contributed by atoms with E-state index in [9.17, 15) is 9.18 Å². The summed E-state index contributed by atoms with van der Waals surface area (Å²) in [4.78, 5) is 14.5. The van der Waals surface area contributed by atoms with E-state index < -0.39 is 0 Å². The first-order valence-electron chi connectivity index (χ1n) is 8.65. The Balaban J connectivity index is 1.45. The zero-order valence-corrected chi connectivity index (χ0v) is 13.5. The summed E-state index contributed by atoms with van der Waals surface area (Å²) >= 11 is 0. The lowest BCUT2D eigenvalue weighted by molar-refractivity contribution is -0.126. The molecule has 1 saturated heterocycles. The number of carbonyl (C=O) groups excluding carboxylic acids is 1. The van der Waals surface area contributed by atoms with Gasteiger partial charge < -0.3 is 16.0 Å². The van der Waals surface area contributed by atoms with Gasteiger partial charge in [-0.1, -0.05) is 6.42 Å². The molecule has 2 aliphatic rings. The molecule has 5 heteroatoms. The largest absolute Gasteiger partial charge is 0.371 e. The first-order chi connectivity index (χ1) is 11.1. The van der Waals surface area contributed by atoms with Crippen LogP contribution in [0.5, 0.6) is 0 Å². The zero-order chi connectivity index (χ0) is 16.2. The van der Waals surface area contributed by atoms with Crippen molar-refractivity contribution < 1.29 is 9.18 Å². The third-order valence-electron chi connectivity index (χ3n) is 5.13. The Morgan fingerprint density at radius 3 is 2.78 bits per heavy atom. The summed E-state index contributed by atoms with van der Waals surface area (Å²) in [6, 6.07) is 6.81. The number of nitrogens with two attached hydrogens (primary N) is 1. The van der Waals surface area contributed by atoms with Gasteiger partial charge in [0.25, 0.3) is 0 Å². The molecule has 0 bridgehead atoms. The molecule has 1 heterocycles. The summed E-state index contributed by atoms with van der Waals surface area (Å²) in [6.45, 7) is 2.60. The second kappa shape index (κ2) is 7.30. The maximum atomic E-state index is 13.0. The van der Waals surface area contributed by atoms with Crippen LogP contribution < -0.4 is 16.0 Å². The van der Waals surface area contributed by atoms with Gasteiger partial charge in [0.05, 0.1) is 0 Å². The molecule has 1 aliphatic heterocycles. The number of rotatable bonds is 4. The monoisotopic (exact) mass is 319 g/mol. The van der Waals surface area contributed by atoms with Gasteiger partial charge in [-0.25, -0.2) is 4.39 Å². The van der Waals surface area contributed by atoms with E-state index in [4.69, 9.17) is 5.73 Å². The fourth-order valence-electron chi connectivity index (χ4n) is 3.74. The Labute approximate surface area is 137 Å². The predicted octanol–water partition coefficient (Wildman–Crippen LogP) is 2.29. The standard InChI is InChI=1S/C18H26FN3O/c19-15-4-6-17(7-5-15)22-9-8-13(12-22)11-21-18(23)14-2-1-3-16(20)10-14/h4-7,13-14,16H,1-3,8-12,20H2,(H,21,23). The van der Waals surface area contributed by atoms with Crippen LogP contribution in [0.3, 0.4) is 0 Å². The lowest BCUT2D eigenvalue weighted by atomic mass is 9.85. The minimum Gasteiger partial charge on any atom is -0.371 e. The lowest BCUT2D eigenvalue weighted by Gasteiger charge is -2.26. The van der Waals surface area contributed by atoms with E-state index in [2.05, 4.69) is 10.2 Å². The molecule has 1 saturated carbocycles. The molecule has 23 heavy (non-hydrogen) atoms. The maximum absolute atomic E-state index is 13.0. The highest BCUT2D eigenvalue weighted by molar-refractivity contribution is 5.78. The van der Waals surface area contributed by atoms with Crippen molar-refractivity contribution in [3.8, 4) is 0 Å². The summed E-state index contributed by atoms with van der Waals surface area (Å²) < 4.78 is 13.0. The topological polar surface area (TPSA) is 58.4 Å². The van der Waals surface area contributed by atoms with E-state index in [1.165, 1.54) is 12.1 Å². The molecule has 1 aromatic rings. The summed E-state index contributed by atoms with van der Waals surface area (Å²) in [6.07, 6.45) is 4.94. The number of benzene rings is 1. The summed E-state index contributed by atoms with van der Waals surface area (Å²) in [5, 5.41) is 3.11. The van der Waals surface area contributed by atoms with Gasteiger partial charge in [-0.05, 0) is 55.9 Å². The van der Waals surface area contributed by atoms with Gasteiger partial charge in [0.1, 0.15) is 5.82 Å². The second-order valence-corrected chi connectivity index (χ2v) is 6.95. The maximum Gasteiger partial charge on any atom is 0.223 e. The number of amides is 1. The Morgan fingerprint density at radius 2 is 2.04 bits per heavy atom. The molecular weight excluding hydrogens is 293 g/mol. The molecule has 4 nitrogen and oxygen atoms in total. The molecule has 0 radical (unpaired) electrons. The predicted molar refractivity (Wildman–Crippen MR) is 89.7 cm³/mol. The third-order valence-corrected chi connectivity index (χ3v) is 5.13. The average molecular weight is 319 g/mol. The van der Waals surface area contributed by atoms with Crippen LogP contribution in [-0.2, 0) is 4.79 Å². The molecule has 3 atom stereocenters. The highest BCUT2D eigenvalue weighted by atomic mass is 19.1. The van der Waals surface area contributed by atoms with Crippen molar-refractivity contribution in [1.29, 1.82) is 0 Å². The zero-order valence-electron chi connectivity index (χ0n) is 13.5. The van der Waals surface area contributed by atoms with Gasteiger partial charge in [0.15, 0.2) is 0 Å². The number of nitrogens with one attached hydrogen (secondary N) is 1. The number of nitrogens with zero attached hydrogens (tertiary/aromatic N) is 1. The van der Waals surface area contributed by atoms with E-state index in [0.717, 1.165) is 57.4 Å². The highest BCUT2D eigenvalue weighted by Crippen LogP contribution is 2.25. The first kappa shape index (κ1) is 16.2. The minimum absolute atomic E-state index is 0.0911. The van der Waals surface area contributed by atoms with Crippen LogP contribution in [0.15, 0.2) is 24.3 Å². The van der Waals surface area contributed by atoms with Gasteiger partial charge in [-0.2, -0.15) is 0 Å². The number of anilines is 1. The Bertz CT molecular complexity index is 534. The fraction of sp³-hybridized carbons (Fsp3) is 0.611. The van der Waals surface area contributed by atoms with Crippen LogP contribution in [0.1, 0.15) is 32.1 Å². The van der Waals surface area contributed by atoms with Crippen molar-refractivity contribution in [3.63, 3.8) is 0 Å². The van der Waals surface area contributed by atoms with Crippen LogP contribution in [0, 0.1) is 17.7 Å². The Hall–Kier alpha value is -1.62. The van der Waals surface area contributed by atoms with Crippen molar-refractivity contribution in [2.75, 3.05) is 24.5 Å². The molecule has 1 aromatic carbocycles. The Morgan fingerprint density at radius 1 is 1.26 bits per heavy atom. The van der Waals surface area contributed by atoms with Crippen LogP contribution in [0.4, 0.5) is 10.1 Å². The molecule has 3 unspecified atom stereocenters. The van der Waals surface area contributed by atoms with E-state index in [1.54, 1.807) is 0 Å². The van der Waals surface area contributed by atoms with Gasteiger partial charge in [0, 0.05) is 37.3 Å². The van der Waals surface area contributed by atoms with Crippen molar-refractivity contribution in [2.24, 2.45) is 17.6 Å². The fourth-order valence-corrected chi connectivity index (χ4v) is 3.74. The van der Waals surface area contributed by atoms with Crippen LogP contribution in [-0.4, -0.2) is 31.6 Å². The summed E-state index contributed by atoms with van der Waals surface area (Å²) in [7, 11) is 0. The third kappa shape index (κ3) is 4.22. The quantitative estimate of drug-likeness (QED) is 0.895. The molecule has 126 valence electrons. The molecular formula is C18H26FN3O. The van der Waals surface area contributed by atoms with E-state index in [-0.39, 0.29) is 23.7 Å². The Kier molecular flexibility index (Phi) is 5.16. The number of halogens is 1. The van der Waals surface area contributed by atoms with Crippen molar-refractivity contribution >= 4 is 11.6 Å². The number of hydrogen-bond donors (Lipinski definition) is 2. The highest BCUT2D eigenvalue weighted by Gasteiger charge is 2.27. The molecule has 1 aliphatic carbocycles. The summed E-state index contributed by atoms with van der Waals surface area (Å²) in [5.74, 6) is 0.512. The van der Waals surface area contributed by atoms with Crippen LogP contribution >= 0.6 is 0 Å². The van der Waals surface area contributed by atoms with Gasteiger partial charge in [-0.3, -0.25) is 4.79 Å². The van der Waals surface area contributed by atoms with Crippen LogP contribution in [0.25, 0.3) is 0 Å².